The summed E-state index contributed by atoms with van der Waals surface area (Å²) >= 11 is 0. The van der Waals surface area contributed by atoms with Gasteiger partial charge in [0.15, 0.2) is 0 Å². The first-order valence-electron chi connectivity index (χ1n) is 5.22. The second kappa shape index (κ2) is 4.63. The second-order valence-corrected chi connectivity index (χ2v) is 3.78. The summed E-state index contributed by atoms with van der Waals surface area (Å²) in [6.07, 6.45) is 0. The summed E-state index contributed by atoms with van der Waals surface area (Å²) in [5.41, 5.74) is 13.3. The van der Waals surface area contributed by atoms with Crippen LogP contribution in [-0.2, 0) is 0 Å². The van der Waals surface area contributed by atoms with Crippen LogP contribution in [0.3, 0.4) is 0 Å². The molecule has 2 aromatic rings. The van der Waals surface area contributed by atoms with Gasteiger partial charge < -0.3 is 16.8 Å². The summed E-state index contributed by atoms with van der Waals surface area (Å²) in [6, 6.07) is 11.0. The molecule has 0 aliphatic rings. The molecule has 0 bridgehead atoms. The monoisotopic (exact) mass is 242 g/mol. The number of hydrogen-bond acceptors (Lipinski definition) is 4. The Morgan fingerprint density at radius 2 is 1.83 bits per heavy atom. The van der Waals surface area contributed by atoms with E-state index in [1.807, 2.05) is 6.07 Å². The molecule has 0 aliphatic heterocycles. The van der Waals surface area contributed by atoms with Gasteiger partial charge in [0.25, 0.3) is 0 Å². The van der Waals surface area contributed by atoms with Crippen LogP contribution in [0.2, 0.25) is 0 Å². The predicted octanol–water partition coefficient (Wildman–Crippen LogP) is 2.61. The Bertz CT molecular complexity index is 631. The van der Waals surface area contributed by atoms with E-state index in [2.05, 4.69) is 5.32 Å². The smallest absolute Gasteiger partial charge is 0.147 e. The summed E-state index contributed by atoms with van der Waals surface area (Å²) in [5.74, 6) is -0.496. The van der Waals surface area contributed by atoms with Crippen LogP contribution in [-0.4, -0.2) is 0 Å². The first-order chi connectivity index (χ1) is 8.60. The number of benzene rings is 2. The van der Waals surface area contributed by atoms with Crippen molar-refractivity contribution in [3.05, 3.63) is 47.8 Å². The van der Waals surface area contributed by atoms with Gasteiger partial charge in [-0.15, -0.1) is 0 Å². The number of hydrogen-bond donors (Lipinski definition) is 3. The first-order valence-corrected chi connectivity index (χ1v) is 5.22. The number of nitrogens with two attached hydrogens (primary N) is 2. The Morgan fingerprint density at radius 3 is 2.44 bits per heavy atom. The van der Waals surface area contributed by atoms with Gasteiger partial charge in [0.05, 0.1) is 28.7 Å². The second-order valence-electron chi connectivity index (χ2n) is 3.78. The molecule has 2 rings (SSSR count). The van der Waals surface area contributed by atoms with Gasteiger partial charge in [-0.05, 0) is 36.4 Å². The van der Waals surface area contributed by atoms with Crippen LogP contribution in [0.25, 0.3) is 0 Å². The van der Waals surface area contributed by atoms with Crippen LogP contribution in [0.15, 0.2) is 36.4 Å². The minimum Gasteiger partial charge on any atom is -0.397 e. The lowest BCUT2D eigenvalue weighted by Gasteiger charge is -2.09. The van der Waals surface area contributed by atoms with Crippen LogP contribution in [0.5, 0.6) is 0 Å². The lowest BCUT2D eigenvalue weighted by Crippen LogP contribution is -1.98. The SMILES string of the molecule is N#Cc1ccc(Nc2ccc(N)c(N)c2)c(F)c1. The fourth-order valence-corrected chi connectivity index (χ4v) is 1.49. The highest BCUT2D eigenvalue weighted by Crippen LogP contribution is 2.24. The molecule has 0 atom stereocenters. The molecule has 0 saturated carbocycles. The number of nitrogens with one attached hydrogen (secondary N) is 1. The van der Waals surface area contributed by atoms with Crippen molar-refractivity contribution in [1.82, 2.24) is 0 Å². The molecule has 4 nitrogen and oxygen atoms in total. The van der Waals surface area contributed by atoms with Crippen LogP contribution in [0, 0.1) is 17.1 Å². The first kappa shape index (κ1) is 11.7. The zero-order chi connectivity index (χ0) is 13.1. The van der Waals surface area contributed by atoms with Crippen molar-refractivity contribution >= 4 is 22.7 Å². The molecular weight excluding hydrogens is 231 g/mol. The van der Waals surface area contributed by atoms with E-state index in [4.69, 9.17) is 16.7 Å². The lowest BCUT2D eigenvalue weighted by atomic mass is 10.2. The fourth-order valence-electron chi connectivity index (χ4n) is 1.49. The normalized spacial score (nSPS) is 9.78. The maximum atomic E-state index is 13.6. The largest absolute Gasteiger partial charge is 0.397 e. The highest BCUT2D eigenvalue weighted by atomic mass is 19.1. The zero-order valence-electron chi connectivity index (χ0n) is 9.44. The molecular formula is C13H11FN4. The Balaban J connectivity index is 2.29. The molecule has 5 N–H and O–H groups in total. The Kier molecular flexibility index (Phi) is 3.02. The molecule has 0 unspecified atom stereocenters. The molecule has 0 saturated heterocycles. The number of nitriles is 1. The van der Waals surface area contributed by atoms with E-state index in [9.17, 15) is 4.39 Å². The Morgan fingerprint density at radius 1 is 1.06 bits per heavy atom. The van der Waals surface area contributed by atoms with Crippen molar-refractivity contribution in [2.24, 2.45) is 0 Å². The highest BCUT2D eigenvalue weighted by molar-refractivity contribution is 5.72. The average Bonchev–Trinajstić information content (AvgIpc) is 2.36. The van der Waals surface area contributed by atoms with Crippen molar-refractivity contribution in [1.29, 1.82) is 5.26 Å². The van der Waals surface area contributed by atoms with Gasteiger partial charge in [0, 0.05) is 5.69 Å². The van der Waals surface area contributed by atoms with E-state index in [0.29, 0.717) is 17.1 Å². The van der Waals surface area contributed by atoms with E-state index in [-0.39, 0.29) is 11.3 Å². The van der Waals surface area contributed by atoms with Crippen LogP contribution < -0.4 is 16.8 Å². The molecule has 5 heteroatoms. The number of rotatable bonds is 2. The van der Waals surface area contributed by atoms with E-state index < -0.39 is 5.82 Å². The molecule has 2 aromatic carbocycles. The average molecular weight is 242 g/mol. The van der Waals surface area contributed by atoms with Gasteiger partial charge in [-0.2, -0.15) is 5.26 Å². The number of nitrogens with zero attached hydrogens (tertiary/aromatic N) is 1. The van der Waals surface area contributed by atoms with Crippen LogP contribution in [0.4, 0.5) is 27.1 Å². The third-order valence-corrected chi connectivity index (χ3v) is 2.46. The van der Waals surface area contributed by atoms with Gasteiger partial charge in [0.2, 0.25) is 0 Å². The topological polar surface area (TPSA) is 87.9 Å². The lowest BCUT2D eigenvalue weighted by molar-refractivity contribution is 0.631. The number of nitrogen functional groups attached to an aromatic ring is 2. The van der Waals surface area contributed by atoms with Gasteiger partial charge in [-0.3, -0.25) is 0 Å². The third-order valence-electron chi connectivity index (χ3n) is 2.46. The van der Waals surface area contributed by atoms with Crippen molar-refractivity contribution in [2.75, 3.05) is 16.8 Å². The summed E-state index contributed by atoms with van der Waals surface area (Å²) in [7, 11) is 0. The van der Waals surface area contributed by atoms with E-state index in [1.165, 1.54) is 18.2 Å². The highest BCUT2D eigenvalue weighted by Gasteiger charge is 2.04. The summed E-state index contributed by atoms with van der Waals surface area (Å²) in [5, 5.41) is 11.5. The van der Waals surface area contributed by atoms with Crippen LogP contribution >= 0.6 is 0 Å². The van der Waals surface area contributed by atoms with Crippen molar-refractivity contribution in [3.63, 3.8) is 0 Å². The van der Waals surface area contributed by atoms with Gasteiger partial charge in [0.1, 0.15) is 5.82 Å². The molecule has 0 aliphatic carbocycles. The van der Waals surface area contributed by atoms with E-state index in [0.717, 1.165) is 0 Å². The number of halogens is 1. The third kappa shape index (κ3) is 2.33. The molecule has 0 fully saturated rings. The minimum absolute atomic E-state index is 0.273. The molecule has 0 heterocycles. The van der Waals surface area contributed by atoms with Crippen molar-refractivity contribution < 1.29 is 4.39 Å². The van der Waals surface area contributed by atoms with Gasteiger partial charge in [-0.1, -0.05) is 0 Å². The Hall–Kier alpha value is -2.74. The molecule has 0 aromatic heterocycles. The van der Waals surface area contributed by atoms with Crippen molar-refractivity contribution in [2.45, 2.75) is 0 Å². The summed E-state index contributed by atoms with van der Waals surface area (Å²) in [4.78, 5) is 0. The quantitative estimate of drug-likeness (QED) is 0.706. The molecule has 0 amide bonds. The fraction of sp³-hybridized carbons (Fsp3) is 0. The van der Waals surface area contributed by atoms with Crippen LogP contribution in [0.1, 0.15) is 5.56 Å². The Labute approximate surface area is 104 Å². The summed E-state index contributed by atoms with van der Waals surface area (Å²) < 4.78 is 13.6. The molecule has 90 valence electrons. The van der Waals surface area contributed by atoms with Crippen molar-refractivity contribution in [3.8, 4) is 6.07 Å². The molecule has 18 heavy (non-hydrogen) atoms. The zero-order valence-corrected chi connectivity index (χ0v) is 9.44. The van der Waals surface area contributed by atoms with E-state index >= 15 is 0 Å². The maximum absolute atomic E-state index is 13.6. The minimum atomic E-state index is -0.496. The van der Waals surface area contributed by atoms with Gasteiger partial charge >= 0.3 is 0 Å². The predicted molar refractivity (Wildman–Crippen MR) is 69.7 cm³/mol. The standard InChI is InChI=1S/C13H11FN4/c14-10-5-8(7-15)1-4-13(10)18-9-2-3-11(16)12(17)6-9/h1-6,18H,16-17H2. The molecule has 0 radical (unpaired) electrons. The number of anilines is 4. The van der Waals surface area contributed by atoms with Gasteiger partial charge in [-0.25, -0.2) is 4.39 Å². The van der Waals surface area contributed by atoms with E-state index in [1.54, 1.807) is 18.2 Å². The molecule has 0 spiro atoms. The summed E-state index contributed by atoms with van der Waals surface area (Å²) in [6.45, 7) is 0. The maximum Gasteiger partial charge on any atom is 0.147 e.